The summed E-state index contributed by atoms with van der Waals surface area (Å²) in [5.41, 5.74) is 4.88. The van der Waals surface area contributed by atoms with Crippen LogP contribution in [0.5, 0.6) is 0 Å². The van der Waals surface area contributed by atoms with Crippen molar-refractivity contribution in [2.75, 3.05) is 57.7 Å². The number of urea groups is 1. The molecule has 0 spiro atoms. The lowest BCUT2D eigenvalue weighted by Gasteiger charge is -2.46. The Balaban J connectivity index is 1.24. The van der Waals surface area contributed by atoms with Crippen molar-refractivity contribution in [2.45, 2.75) is 70.5 Å². The Hall–Kier alpha value is -3.70. The molecule has 0 saturated carbocycles. The van der Waals surface area contributed by atoms with Crippen LogP contribution in [0.3, 0.4) is 0 Å². The molecule has 3 saturated heterocycles. The highest BCUT2D eigenvalue weighted by atomic mass is 16.4. The molecule has 242 valence electrons. The summed E-state index contributed by atoms with van der Waals surface area (Å²) in [6, 6.07) is 9.43. The molecular weight excluding hydrogens is 570 g/mol. The summed E-state index contributed by atoms with van der Waals surface area (Å²) in [5, 5.41) is 16.9. The van der Waals surface area contributed by atoms with Crippen LogP contribution in [0.4, 0.5) is 15.3 Å². The number of benzene rings is 1. The van der Waals surface area contributed by atoms with Crippen LogP contribution in [-0.2, 0) is 17.6 Å². The maximum atomic E-state index is 14.5. The zero-order chi connectivity index (χ0) is 31.5. The van der Waals surface area contributed by atoms with Crippen molar-refractivity contribution in [1.29, 1.82) is 0 Å². The molecule has 0 bridgehead atoms. The van der Waals surface area contributed by atoms with Gasteiger partial charge in [0.25, 0.3) is 0 Å². The third-order valence-corrected chi connectivity index (χ3v) is 10.5. The maximum absolute atomic E-state index is 14.5. The second kappa shape index (κ2) is 13.7. The largest absolute Gasteiger partial charge is 0.465 e. The van der Waals surface area contributed by atoms with Crippen LogP contribution in [0.2, 0.25) is 0 Å². The first kappa shape index (κ1) is 31.3. The summed E-state index contributed by atoms with van der Waals surface area (Å²) in [5.74, 6) is -0.597. The lowest BCUT2D eigenvalue weighted by molar-refractivity contribution is -0.140. The lowest BCUT2D eigenvalue weighted by atomic mass is 9.83. The van der Waals surface area contributed by atoms with Crippen LogP contribution in [0.15, 0.2) is 36.5 Å². The third kappa shape index (κ3) is 6.94. The molecule has 1 aromatic carbocycles. The number of hydrogen-bond acceptors (Lipinski definition) is 6. The van der Waals surface area contributed by atoms with E-state index in [1.165, 1.54) is 4.90 Å². The highest BCUT2D eigenvalue weighted by Crippen LogP contribution is 2.33. The highest BCUT2D eigenvalue weighted by Gasteiger charge is 2.44. The third-order valence-electron chi connectivity index (χ3n) is 10.5. The number of piperazine rings is 1. The number of carbonyl (C=O) groups is 3. The van der Waals surface area contributed by atoms with E-state index in [1.54, 1.807) is 0 Å². The molecule has 3 fully saturated rings. The number of fused-ring (bicyclic) bond motifs is 1. The molecule has 1 aromatic heterocycles. The number of aryl methyl sites for hydroxylation is 2. The summed E-state index contributed by atoms with van der Waals surface area (Å²) in [6.45, 7) is 10.3. The van der Waals surface area contributed by atoms with Gasteiger partial charge in [-0.2, -0.15) is 0 Å². The van der Waals surface area contributed by atoms with Gasteiger partial charge in [0.2, 0.25) is 5.91 Å². The predicted molar refractivity (Wildman–Crippen MR) is 172 cm³/mol. The number of carbonyl (C=O) groups excluding carboxylic acids is 2. The van der Waals surface area contributed by atoms with Crippen LogP contribution in [0.1, 0.15) is 48.1 Å². The lowest BCUT2D eigenvalue weighted by Crippen LogP contribution is -2.59. The van der Waals surface area contributed by atoms with Gasteiger partial charge >= 0.3 is 12.1 Å². The molecule has 0 aliphatic carbocycles. The fourth-order valence-corrected chi connectivity index (χ4v) is 7.76. The number of amides is 4. The first-order valence-corrected chi connectivity index (χ1v) is 16.6. The van der Waals surface area contributed by atoms with E-state index in [0.29, 0.717) is 44.9 Å². The van der Waals surface area contributed by atoms with Crippen LogP contribution in [0.25, 0.3) is 0 Å². The predicted octanol–water partition coefficient (Wildman–Crippen LogP) is 3.35. The topological polar surface area (TPSA) is 121 Å². The standard InChI is InChI=1S/C34H47N7O4/c1-23-19-26(36-22-24(23)2)20-29(32(42)39-13-8-27(9-14-39)38-17-11-35-12-18-38)31-21-28(10-16-41(31)34(44)45)40-15-7-25-5-3-4-6-30(25)37-33(40)43/h3-6,19,22,27-29,31,35H,7-18,20-21H2,1-2H3,(H,37,43)(H,44,45)/t28?,29?,31-/m1/s1. The summed E-state index contributed by atoms with van der Waals surface area (Å²) in [4.78, 5) is 53.1. The monoisotopic (exact) mass is 617 g/mol. The Bertz CT molecular complexity index is 1390. The minimum atomic E-state index is -1.02. The summed E-state index contributed by atoms with van der Waals surface area (Å²) >= 11 is 0. The van der Waals surface area contributed by atoms with E-state index < -0.39 is 18.1 Å². The molecule has 4 aliphatic rings. The fourth-order valence-electron chi connectivity index (χ4n) is 7.76. The Morgan fingerprint density at radius 3 is 2.44 bits per heavy atom. The molecule has 11 nitrogen and oxygen atoms in total. The number of aromatic nitrogens is 1. The van der Waals surface area contributed by atoms with Crippen molar-refractivity contribution >= 4 is 23.7 Å². The average Bonchev–Trinajstić information content (AvgIpc) is 3.23. The molecule has 5 heterocycles. The number of nitrogens with one attached hydrogen (secondary N) is 2. The number of rotatable bonds is 6. The van der Waals surface area contributed by atoms with E-state index in [9.17, 15) is 19.5 Å². The van der Waals surface area contributed by atoms with Gasteiger partial charge in [-0.25, -0.2) is 9.59 Å². The molecule has 2 aromatic rings. The minimum absolute atomic E-state index is 0.00147. The number of piperidine rings is 2. The number of nitrogens with zero attached hydrogens (tertiary/aromatic N) is 5. The zero-order valence-corrected chi connectivity index (χ0v) is 26.6. The van der Waals surface area contributed by atoms with Gasteiger partial charge < -0.3 is 30.4 Å². The van der Waals surface area contributed by atoms with Gasteiger partial charge in [0.15, 0.2) is 0 Å². The van der Waals surface area contributed by atoms with Gasteiger partial charge in [0.1, 0.15) is 0 Å². The minimum Gasteiger partial charge on any atom is -0.465 e. The Kier molecular flexibility index (Phi) is 9.56. The number of carboxylic acid groups (broad SMARTS) is 1. The highest BCUT2D eigenvalue weighted by molar-refractivity contribution is 5.91. The quantitative estimate of drug-likeness (QED) is 0.455. The summed E-state index contributed by atoms with van der Waals surface area (Å²) < 4.78 is 0. The normalized spacial score (nSPS) is 24.0. The molecule has 4 amide bonds. The van der Waals surface area contributed by atoms with E-state index >= 15 is 0 Å². The van der Waals surface area contributed by atoms with Gasteiger partial charge in [-0.05, 0) is 74.8 Å². The fraction of sp³-hybridized carbons (Fsp3) is 0.588. The van der Waals surface area contributed by atoms with Gasteiger partial charge in [-0.3, -0.25) is 14.7 Å². The molecule has 6 rings (SSSR count). The van der Waals surface area contributed by atoms with Crippen molar-refractivity contribution in [3.05, 3.63) is 58.9 Å². The number of hydrogen-bond donors (Lipinski definition) is 3. The number of para-hydroxylation sites is 1. The van der Waals surface area contributed by atoms with E-state index in [0.717, 1.165) is 73.5 Å². The van der Waals surface area contributed by atoms with Crippen LogP contribution >= 0.6 is 0 Å². The van der Waals surface area contributed by atoms with Crippen molar-refractivity contribution in [3.8, 4) is 0 Å². The molecule has 3 atom stereocenters. The maximum Gasteiger partial charge on any atom is 0.407 e. The molecular formula is C34H47N7O4. The van der Waals surface area contributed by atoms with Crippen LogP contribution in [-0.4, -0.2) is 118 Å². The molecule has 0 radical (unpaired) electrons. The average molecular weight is 618 g/mol. The van der Waals surface area contributed by atoms with Gasteiger partial charge in [0.05, 0.1) is 5.92 Å². The Morgan fingerprint density at radius 2 is 1.71 bits per heavy atom. The van der Waals surface area contributed by atoms with Crippen molar-refractivity contribution in [1.82, 2.24) is 29.9 Å². The van der Waals surface area contributed by atoms with E-state index in [2.05, 4.69) is 20.5 Å². The second-order valence-corrected chi connectivity index (χ2v) is 13.2. The zero-order valence-electron chi connectivity index (χ0n) is 26.6. The van der Waals surface area contributed by atoms with Gasteiger partial charge in [-0.15, -0.1) is 0 Å². The van der Waals surface area contributed by atoms with Gasteiger partial charge in [0, 0.05) is 94.5 Å². The second-order valence-electron chi connectivity index (χ2n) is 13.2. The smallest absolute Gasteiger partial charge is 0.407 e. The van der Waals surface area contributed by atoms with E-state index in [-0.39, 0.29) is 24.5 Å². The molecule has 4 aliphatic heterocycles. The molecule has 11 heteroatoms. The molecule has 3 N–H and O–H groups in total. The Morgan fingerprint density at radius 1 is 0.978 bits per heavy atom. The Labute approximate surface area is 265 Å². The van der Waals surface area contributed by atoms with E-state index in [1.807, 2.05) is 60.2 Å². The van der Waals surface area contributed by atoms with Crippen LogP contribution < -0.4 is 10.6 Å². The molecule has 2 unspecified atom stereocenters. The van der Waals surface area contributed by atoms with E-state index in [4.69, 9.17) is 0 Å². The molecule has 45 heavy (non-hydrogen) atoms. The van der Waals surface area contributed by atoms with Crippen molar-refractivity contribution in [3.63, 3.8) is 0 Å². The number of pyridine rings is 1. The van der Waals surface area contributed by atoms with Crippen LogP contribution in [0, 0.1) is 19.8 Å². The summed E-state index contributed by atoms with van der Waals surface area (Å²) in [7, 11) is 0. The van der Waals surface area contributed by atoms with Crippen molar-refractivity contribution < 1.29 is 19.5 Å². The first-order valence-electron chi connectivity index (χ1n) is 16.6. The summed E-state index contributed by atoms with van der Waals surface area (Å²) in [6.07, 6.45) is 4.68. The number of anilines is 1. The SMILES string of the molecule is Cc1cnc(CC(C(=O)N2CCC(N3CCNCC3)CC2)[C@H]2CC(N3CCc4ccccc4NC3=O)CCN2C(=O)O)cc1C. The van der Waals surface area contributed by atoms with Gasteiger partial charge in [-0.1, -0.05) is 18.2 Å². The van der Waals surface area contributed by atoms with Crippen molar-refractivity contribution in [2.24, 2.45) is 5.92 Å². The first-order chi connectivity index (χ1) is 21.8. The number of likely N-dealkylation sites (tertiary alicyclic amines) is 2.